The van der Waals surface area contributed by atoms with Gasteiger partial charge in [0.2, 0.25) is 26.0 Å². The molecule has 1 heterocycles. The van der Waals surface area contributed by atoms with Gasteiger partial charge in [-0.05, 0) is 56.2 Å². The van der Waals surface area contributed by atoms with E-state index in [2.05, 4.69) is 5.32 Å². The Labute approximate surface area is 190 Å². The summed E-state index contributed by atoms with van der Waals surface area (Å²) in [5, 5.41) is 2.62. The predicted molar refractivity (Wildman–Crippen MR) is 123 cm³/mol. The van der Waals surface area contributed by atoms with Crippen molar-refractivity contribution in [3.05, 3.63) is 54.1 Å². The number of amides is 1. The first-order valence-electron chi connectivity index (χ1n) is 10.5. The molecule has 3 rings (SSSR count). The highest BCUT2D eigenvalue weighted by molar-refractivity contribution is 7.89. The van der Waals surface area contributed by atoms with Crippen LogP contribution in [-0.2, 0) is 24.8 Å². The minimum atomic E-state index is -3.80. The zero-order chi connectivity index (χ0) is 23.4. The molecule has 10 heteroatoms. The number of sulfonamides is 2. The average molecular weight is 480 g/mol. The second-order valence-corrected chi connectivity index (χ2v) is 11.9. The fourth-order valence-corrected chi connectivity index (χ4v) is 6.16. The molecule has 1 aliphatic rings. The Morgan fingerprint density at radius 1 is 0.875 bits per heavy atom. The second kappa shape index (κ2) is 10.1. The van der Waals surface area contributed by atoms with E-state index < -0.39 is 26.0 Å². The zero-order valence-corrected chi connectivity index (χ0v) is 20.0. The molecule has 0 atom stereocenters. The first kappa shape index (κ1) is 24.4. The van der Waals surface area contributed by atoms with E-state index in [0.717, 1.165) is 35.6 Å². The van der Waals surface area contributed by atoms with Gasteiger partial charge in [0.05, 0.1) is 16.3 Å². The van der Waals surface area contributed by atoms with Crippen LogP contribution in [-0.4, -0.2) is 58.0 Å². The molecule has 0 bridgehead atoms. The molecule has 32 heavy (non-hydrogen) atoms. The van der Waals surface area contributed by atoms with Gasteiger partial charge in [0.15, 0.2) is 0 Å². The number of hydrogen-bond acceptors (Lipinski definition) is 5. The van der Waals surface area contributed by atoms with Gasteiger partial charge in [-0.3, -0.25) is 4.79 Å². The summed E-state index contributed by atoms with van der Waals surface area (Å²) >= 11 is 0. The normalized spacial score (nSPS) is 16.0. The smallest absolute Gasteiger partial charge is 0.243 e. The van der Waals surface area contributed by atoms with Gasteiger partial charge in [-0.2, -0.15) is 8.61 Å². The first-order valence-corrected chi connectivity index (χ1v) is 13.4. The van der Waals surface area contributed by atoms with E-state index in [9.17, 15) is 21.6 Å². The van der Waals surface area contributed by atoms with Crippen LogP contribution < -0.4 is 5.32 Å². The topological polar surface area (TPSA) is 104 Å². The summed E-state index contributed by atoms with van der Waals surface area (Å²) in [6.45, 7) is 2.52. The van der Waals surface area contributed by atoms with Gasteiger partial charge in [-0.15, -0.1) is 0 Å². The van der Waals surface area contributed by atoms with Crippen molar-refractivity contribution in [1.29, 1.82) is 0 Å². The molecule has 174 valence electrons. The van der Waals surface area contributed by atoms with Crippen molar-refractivity contribution in [2.24, 2.45) is 0 Å². The molecule has 1 amide bonds. The Morgan fingerprint density at radius 3 is 1.97 bits per heavy atom. The molecule has 2 aromatic carbocycles. The van der Waals surface area contributed by atoms with Gasteiger partial charge in [0.25, 0.3) is 0 Å². The van der Waals surface area contributed by atoms with E-state index in [1.54, 1.807) is 12.1 Å². The number of aryl methyl sites for hydroxylation is 1. The lowest BCUT2D eigenvalue weighted by Crippen LogP contribution is -2.35. The fraction of sp³-hybridized carbons (Fsp3) is 0.409. The monoisotopic (exact) mass is 479 g/mol. The van der Waals surface area contributed by atoms with E-state index >= 15 is 0 Å². The molecule has 2 aromatic rings. The highest BCUT2D eigenvalue weighted by Crippen LogP contribution is 2.22. The molecule has 0 unspecified atom stereocenters. The molecular weight excluding hydrogens is 450 g/mol. The number of nitrogens with zero attached hydrogens (tertiary/aromatic N) is 2. The zero-order valence-electron chi connectivity index (χ0n) is 18.3. The van der Waals surface area contributed by atoms with Crippen molar-refractivity contribution >= 4 is 31.6 Å². The third-order valence-corrected chi connectivity index (χ3v) is 9.17. The fourth-order valence-electron chi connectivity index (χ4n) is 3.52. The average Bonchev–Trinajstić information content (AvgIpc) is 3.04. The Balaban J connectivity index is 1.63. The number of hydrogen-bond donors (Lipinski definition) is 1. The maximum atomic E-state index is 12.9. The van der Waals surface area contributed by atoms with Crippen molar-refractivity contribution in [3.63, 3.8) is 0 Å². The quantitative estimate of drug-likeness (QED) is 0.658. The van der Waals surface area contributed by atoms with Crippen molar-refractivity contribution in [2.45, 2.75) is 42.4 Å². The Bertz CT molecular complexity index is 1140. The van der Waals surface area contributed by atoms with Crippen LogP contribution in [0.25, 0.3) is 0 Å². The molecule has 0 radical (unpaired) electrons. The van der Waals surface area contributed by atoms with Crippen LogP contribution in [0.4, 0.5) is 5.69 Å². The van der Waals surface area contributed by atoms with Crippen LogP contribution in [0.2, 0.25) is 0 Å². The van der Waals surface area contributed by atoms with Crippen LogP contribution in [0.15, 0.2) is 58.3 Å². The van der Waals surface area contributed by atoms with Crippen LogP contribution in [0.5, 0.6) is 0 Å². The molecule has 1 saturated heterocycles. The first-order chi connectivity index (χ1) is 15.1. The van der Waals surface area contributed by atoms with Gasteiger partial charge in [0, 0.05) is 25.8 Å². The highest BCUT2D eigenvalue weighted by atomic mass is 32.2. The maximum absolute atomic E-state index is 12.9. The summed E-state index contributed by atoms with van der Waals surface area (Å²) < 4.78 is 53.5. The molecular formula is C22H29N3O5S2. The third kappa shape index (κ3) is 5.74. The van der Waals surface area contributed by atoms with Crippen molar-refractivity contribution in [2.75, 3.05) is 32.0 Å². The van der Waals surface area contributed by atoms with Gasteiger partial charge in [0.1, 0.15) is 0 Å². The highest BCUT2D eigenvalue weighted by Gasteiger charge is 2.25. The van der Waals surface area contributed by atoms with Crippen molar-refractivity contribution in [1.82, 2.24) is 8.61 Å². The van der Waals surface area contributed by atoms with E-state index in [-0.39, 0.29) is 16.3 Å². The summed E-state index contributed by atoms with van der Waals surface area (Å²) in [5.74, 6) is -0.522. The Kier molecular flexibility index (Phi) is 7.71. The molecule has 8 nitrogen and oxygen atoms in total. The van der Waals surface area contributed by atoms with Crippen molar-refractivity contribution in [3.8, 4) is 0 Å². The summed E-state index contributed by atoms with van der Waals surface area (Å²) in [5.41, 5.74) is 1.33. The minimum Gasteiger partial charge on any atom is -0.325 e. The molecule has 1 aliphatic heterocycles. The van der Waals surface area contributed by atoms with E-state index in [1.165, 1.54) is 47.8 Å². The largest absolute Gasteiger partial charge is 0.325 e. The lowest BCUT2D eigenvalue weighted by molar-refractivity contribution is -0.116. The molecule has 1 N–H and O–H groups in total. The predicted octanol–water partition coefficient (Wildman–Crippen LogP) is 2.82. The number of rotatable bonds is 7. The standard InChI is InChI=1S/C22H29N3O5S2/c1-18-7-11-20(12-8-18)31(27,28)24(2)17-22(26)23-19-9-13-21(14-10-19)32(29,30)25-15-5-3-4-6-16-25/h7-14H,3-6,15-17H2,1-2H3,(H,23,26). The molecule has 0 spiro atoms. The van der Waals surface area contributed by atoms with Crippen LogP contribution >= 0.6 is 0 Å². The van der Waals surface area contributed by atoms with Crippen LogP contribution in [0.3, 0.4) is 0 Å². The molecule has 1 fully saturated rings. The Hall–Kier alpha value is -2.27. The number of benzene rings is 2. The van der Waals surface area contributed by atoms with Gasteiger partial charge < -0.3 is 5.32 Å². The number of anilines is 1. The summed E-state index contributed by atoms with van der Waals surface area (Å²) in [4.78, 5) is 12.7. The minimum absolute atomic E-state index is 0.112. The third-order valence-electron chi connectivity index (χ3n) is 5.44. The summed E-state index contributed by atoms with van der Waals surface area (Å²) in [6, 6.07) is 12.3. The summed E-state index contributed by atoms with van der Waals surface area (Å²) in [7, 11) is -6.03. The van der Waals surface area contributed by atoms with Gasteiger partial charge in [-0.1, -0.05) is 30.5 Å². The number of nitrogens with one attached hydrogen (secondary N) is 1. The number of carbonyl (C=O) groups excluding carboxylic acids is 1. The SMILES string of the molecule is Cc1ccc(S(=O)(=O)N(C)CC(=O)Nc2ccc(S(=O)(=O)N3CCCCCC3)cc2)cc1. The van der Waals surface area contributed by atoms with E-state index in [4.69, 9.17) is 0 Å². The van der Waals surface area contributed by atoms with E-state index in [0.29, 0.717) is 18.8 Å². The van der Waals surface area contributed by atoms with Gasteiger partial charge >= 0.3 is 0 Å². The lowest BCUT2D eigenvalue weighted by atomic mass is 10.2. The van der Waals surface area contributed by atoms with Crippen molar-refractivity contribution < 1.29 is 21.6 Å². The summed E-state index contributed by atoms with van der Waals surface area (Å²) in [6.07, 6.45) is 3.77. The van der Waals surface area contributed by atoms with Gasteiger partial charge in [-0.25, -0.2) is 16.8 Å². The lowest BCUT2D eigenvalue weighted by Gasteiger charge is -2.20. The van der Waals surface area contributed by atoms with Crippen LogP contribution in [0.1, 0.15) is 31.2 Å². The number of carbonyl (C=O) groups is 1. The molecule has 0 aromatic heterocycles. The maximum Gasteiger partial charge on any atom is 0.243 e. The Morgan fingerprint density at radius 2 is 1.41 bits per heavy atom. The van der Waals surface area contributed by atoms with E-state index in [1.807, 2.05) is 6.92 Å². The molecule has 0 aliphatic carbocycles. The molecule has 0 saturated carbocycles. The second-order valence-electron chi connectivity index (χ2n) is 7.96. The van der Waals surface area contributed by atoms with Crippen LogP contribution in [0, 0.1) is 6.92 Å². The number of likely N-dealkylation sites (N-methyl/N-ethyl adjacent to an activating group) is 1.